The summed E-state index contributed by atoms with van der Waals surface area (Å²) in [4.78, 5) is 12.0. The van der Waals surface area contributed by atoms with Crippen LogP contribution < -0.4 is 5.32 Å². The first kappa shape index (κ1) is 10.8. The number of rotatable bonds is 1. The monoisotopic (exact) mass is 273 g/mol. The first-order chi connectivity index (χ1) is 9.25. The molecule has 0 bridgehead atoms. The Hall–Kier alpha value is -2.08. The van der Waals surface area contributed by atoms with Crippen molar-refractivity contribution in [2.75, 3.05) is 11.9 Å². The number of nitrogens with one attached hydrogen (secondary N) is 2. The van der Waals surface area contributed by atoms with Crippen LogP contribution in [0.25, 0.3) is 0 Å². The van der Waals surface area contributed by atoms with Crippen LogP contribution in [0.3, 0.4) is 0 Å². The van der Waals surface area contributed by atoms with Gasteiger partial charge in [-0.2, -0.15) is 16.4 Å². The zero-order valence-corrected chi connectivity index (χ0v) is 11.0. The van der Waals surface area contributed by atoms with Gasteiger partial charge in [-0.15, -0.1) is 0 Å². The molecule has 4 rings (SSSR count). The van der Waals surface area contributed by atoms with Gasteiger partial charge in [0, 0.05) is 17.2 Å². The topological polar surface area (TPSA) is 67.0 Å². The van der Waals surface area contributed by atoms with Crippen molar-refractivity contribution in [3.8, 4) is 0 Å². The Morgan fingerprint density at radius 3 is 3.21 bits per heavy atom. The average molecular weight is 273 g/mol. The molecular weight excluding hydrogens is 262 g/mol. The smallest absolute Gasteiger partial charge is 0.337 e. The van der Waals surface area contributed by atoms with Crippen molar-refractivity contribution < 1.29 is 9.53 Å². The summed E-state index contributed by atoms with van der Waals surface area (Å²) < 4.78 is 5.16. The molecule has 6 heteroatoms. The van der Waals surface area contributed by atoms with Crippen molar-refractivity contribution >= 4 is 23.1 Å². The summed E-state index contributed by atoms with van der Waals surface area (Å²) in [7, 11) is 0. The molecule has 2 aromatic heterocycles. The van der Waals surface area contributed by atoms with Crippen LogP contribution in [0.5, 0.6) is 0 Å². The Kier molecular flexibility index (Phi) is 2.11. The number of esters is 1. The van der Waals surface area contributed by atoms with Crippen molar-refractivity contribution in [1.29, 1.82) is 0 Å². The summed E-state index contributed by atoms with van der Waals surface area (Å²) in [5.41, 5.74) is 4.68. The maximum absolute atomic E-state index is 12.0. The minimum atomic E-state index is -0.232. The van der Waals surface area contributed by atoms with E-state index in [4.69, 9.17) is 4.74 Å². The van der Waals surface area contributed by atoms with E-state index in [-0.39, 0.29) is 11.9 Å². The molecule has 0 aliphatic carbocycles. The van der Waals surface area contributed by atoms with Crippen molar-refractivity contribution in [2.24, 2.45) is 0 Å². The third-order valence-corrected chi connectivity index (χ3v) is 4.31. The molecule has 2 aliphatic heterocycles. The maximum atomic E-state index is 12.0. The molecule has 1 atom stereocenters. The second-order valence-corrected chi connectivity index (χ2v) is 5.47. The van der Waals surface area contributed by atoms with Crippen LogP contribution in [0.15, 0.2) is 28.1 Å². The number of fused-ring (bicyclic) bond motifs is 1. The summed E-state index contributed by atoms with van der Waals surface area (Å²) in [6, 6.07) is 2.05. The predicted molar refractivity (Wildman–Crippen MR) is 71.1 cm³/mol. The van der Waals surface area contributed by atoms with Gasteiger partial charge in [-0.1, -0.05) is 0 Å². The van der Waals surface area contributed by atoms with E-state index in [0.29, 0.717) is 6.61 Å². The van der Waals surface area contributed by atoms with Gasteiger partial charge in [-0.3, -0.25) is 5.10 Å². The number of hydrogen-bond acceptors (Lipinski definition) is 5. The molecule has 0 amide bonds. The molecule has 19 heavy (non-hydrogen) atoms. The van der Waals surface area contributed by atoms with Gasteiger partial charge in [0.25, 0.3) is 0 Å². The fourth-order valence-corrected chi connectivity index (χ4v) is 3.44. The standard InChI is InChI=1S/C13H11N3O2S/c1-6-9-10(7-2-3-19-5-7)11-8(4-18-13(11)17)14-12(9)16-15-6/h2-3,5,10H,4H2,1H3,(H2,14,15,16)/t10-/m1/s1. The lowest BCUT2D eigenvalue weighted by molar-refractivity contribution is -0.136. The second-order valence-electron chi connectivity index (χ2n) is 4.69. The molecule has 5 nitrogen and oxygen atoms in total. The highest BCUT2D eigenvalue weighted by atomic mass is 32.1. The number of carbonyl (C=O) groups is 1. The van der Waals surface area contributed by atoms with Crippen molar-refractivity contribution in [3.63, 3.8) is 0 Å². The average Bonchev–Trinajstić information content (AvgIpc) is 3.10. The van der Waals surface area contributed by atoms with Gasteiger partial charge in [-0.05, 0) is 29.3 Å². The van der Waals surface area contributed by atoms with Crippen LogP contribution in [0.1, 0.15) is 22.7 Å². The van der Waals surface area contributed by atoms with Crippen LogP contribution in [0.2, 0.25) is 0 Å². The quantitative estimate of drug-likeness (QED) is 0.781. The van der Waals surface area contributed by atoms with Crippen LogP contribution in [0.4, 0.5) is 5.82 Å². The van der Waals surface area contributed by atoms with Gasteiger partial charge in [0.05, 0.1) is 11.3 Å². The molecule has 0 fully saturated rings. The van der Waals surface area contributed by atoms with Gasteiger partial charge in [0.15, 0.2) is 5.82 Å². The fourth-order valence-electron chi connectivity index (χ4n) is 2.76. The lowest BCUT2D eigenvalue weighted by atomic mass is 9.83. The summed E-state index contributed by atoms with van der Waals surface area (Å²) in [5.74, 6) is 0.488. The largest absolute Gasteiger partial charge is 0.456 e. The Bertz CT molecular complexity index is 700. The summed E-state index contributed by atoms with van der Waals surface area (Å²) >= 11 is 1.63. The first-order valence-electron chi connectivity index (χ1n) is 6.00. The summed E-state index contributed by atoms with van der Waals surface area (Å²) in [6.45, 7) is 2.28. The minimum Gasteiger partial charge on any atom is -0.456 e. The van der Waals surface area contributed by atoms with E-state index in [0.717, 1.165) is 33.9 Å². The highest BCUT2D eigenvalue weighted by Gasteiger charge is 2.40. The number of H-pyrrole nitrogens is 1. The molecule has 0 radical (unpaired) electrons. The summed E-state index contributed by atoms with van der Waals surface area (Å²) in [5, 5.41) is 14.5. The Morgan fingerprint density at radius 2 is 2.42 bits per heavy atom. The van der Waals surface area contributed by atoms with E-state index in [9.17, 15) is 4.79 Å². The van der Waals surface area contributed by atoms with Crippen molar-refractivity contribution in [1.82, 2.24) is 10.2 Å². The Morgan fingerprint density at radius 1 is 1.53 bits per heavy atom. The van der Waals surface area contributed by atoms with E-state index in [2.05, 4.69) is 20.9 Å². The van der Waals surface area contributed by atoms with Crippen molar-refractivity contribution in [3.05, 3.63) is 44.9 Å². The maximum Gasteiger partial charge on any atom is 0.337 e. The number of aromatic nitrogens is 2. The number of aryl methyl sites for hydroxylation is 1. The van der Waals surface area contributed by atoms with Gasteiger partial charge in [0.2, 0.25) is 0 Å². The molecule has 4 heterocycles. The van der Waals surface area contributed by atoms with E-state index < -0.39 is 0 Å². The lowest BCUT2D eigenvalue weighted by Gasteiger charge is -2.23. The van der Waals surface area contributed by atoms with Gasteiger partial charge >= 0.3 is 5.97 Å². The molecule has 2 aliphatic rings. The molecule has 0 aromatic carbocycles. The highest BCUT2D eigenvalue weighted by Crippen LogP contribution is 2.45. The Balaban J connectivity index is 1.97. The van der Waals surface area contributed by atoms with E-state index >= 15 is 0 Å². The molecule has 0 saturated heterocycles. The van der Waals surface area contributed by atoms with Gasteiger partial charge in [-0.25, -0.2) is 4.79 Å². The minimum absolute atomic E-state index is 0.0775. The molecule has 0 unspecified atom stereocenters. The molecule has 2 aromatic rings. The molecule has 0 spiro atoms. The zero-order valence-electron chi connectivity index (χ0n) is 10.2. The van der Waals surface area contributed by atoms with Gasteiger partial charge in [0.1, 0.15) is 6.61 Å². The van der Waals surface area contributed by atoms with E-state index in [1.165, 1.54) is 0 Å². The number of thiophene rings is 1. The van der Waals surface area contributed by atoms with Crippen LogP contribution in [-0.2, 0) is 9.53 Å². The Labute approximate surface area is 113 Å². The number of nitrogens with zero attached hydrogens (tertiary/aromatic N) is 1. The number of cyclic esters (lactones) is 1. The second kappa shape index (κ2) is 3.71. The molecular formula is C13H11N3O2S. The third-order valence-electron chi connectivity index (χ3n) is 3.61. The first-order valence-corrected chi connectivity index (χ1v) is 6.94. The predicted octanol–water partition coefficient (Wildman–Crippen LogP) is 2.15. The molecule has 96 valence electrons. The van der Waals surface area contributed by atoms with Crippen LogP contribution >= 0.6 is 11.3 Å². The van der Waals surface area contributed by atoms with E-state index in [1.54, 1.807) is 11.3 Å². The van der Waals surface area contributed by atoms with Crippen LogP contribution in [0, 0.1) is 6.92 Å². The normalized spacial score (nSPS) is 20.9. The number of anilines is 1. The van der Waals surface area contributed by atoms with Crippen molar-refractivity contribution in [2.45, 2.75) is 12.8 Å². The lowest BCUT2D eigenvalue weighted by Crippen LogP contribution is -2.19. The number of hydrogen-bond donors (Lipinski definition) is 2. The van der Waals surface area contributed by atoms with E-state index in [1.807, 2.05) is 18.4 Å². The zero-order chi connectivity index (χ0) is 13.0. The van der Waals surface area contributed by atoms with Gasteiger partial charge < -0.3 is 10.1 Å². The number of carbonyl (C=O) groups excluding carboxylic acids is 1. The molecule has 2 N–H and O–H groups in total. The highest BCUT2D eigenvalue weighted by molar-refractivity contribution is 7.08. The fraction of sp³-hybridized carbons (Fsp3) is 0.231. The SMILES string of the molecule is Cc1[nH]nc2c1[C@@H](c1ccsc1)C1=C(COC1=O)N2. The molecule has 0 saturated carbocycles. The summed E-state index contributed by atoms with van der Waals surface area (Å²) in [6.07, 6.45) is 0. The third kappa shape index (κ3) is 1.40. The number of aromatic amines is 1. The number of ether oxygens (including phenoxy) is 1. The van der Waals surface area contributed by atoms with Crippen LogP contribution in [-0.4, -0.2) is 22.8 Å².